The van der Waals surface area contributed by atoms with Crippen LogP contribution in [-0.2, 0) is 0 Å². The van der Waals surface area contributed by atoms with Crippen LogP contribution >= 0.6 is 23.2 Å². The van der Waals surface area contributed by atoms with Crippen molar-refractivity contribution in [1.29, 1.82) is 0 Å². The van der Waals surface area contributed by atoms with Crippen molar-refractivity contribution in [3.63, 3.8) is 0 Å². The Morgan fingerprint density at radius 2 is 1.94 bits per heavy atom. The molecule has 3 fully saturated rings. The largest absolute Gasteiger partial charge is 1.00 e. The van der Waals surface area contributed by atoms with Crippen LogP contribution in [0.15, 0.2) is 61.3 Å². The molecule has 0 amide bonds. The maximum absolute atomic E-state index is 11.3. The number of methoxy groups -OCH3 is 1. The molecule has 3 aliphatic heterocycles. The van der Waals surface area contributed by atoms with Crippen LogP contribution in [0.2, 0.25) is 10.3 Å². The number of halogens is 3. The second-order valence-corrected chi connectivity index (χ2v) is 9.92. The number of hydrogen-bond acceptors (Lipinski definition) is 4. The van der Waals surface area contributed by atoms with E-state index in [1.165, 1.54) is 6.42 Å². The third kappa shape index (κ3) is 5.50. The van der Waals surface area contributed by atoms with Gasteiger partial charge < -0.3 is 26.7 Å². The molecule has 3 aliphatic rings. The van der Waals surface area contributed by atoms with Crippen molar-refractivity contribution in [3.8, 4) is 5.75 Å². The number of aliphatic hydroxyl groups excluding tert-OH is 1. The number of aliphatic hydroxyl groups is 1. The second-order valence-electron chi connectivity index (χ2n) is 9.15. The van der Waals surface area contributed by atoms with E-state index in [2.05, 4.69) is 29.7 Å². The highest BCUT2D eigenvalue weighted by Crippen LogP contribution is 2.45. The summed E-state index contributed by atoms with van der Waals surface area (Å²) in [4.78, 5) is 8.15. The molecule has 5 atom stereocenters. The molecule has 0 spiro atoms. The van der Waals surface area contributed by atoms with E-state index in [4.69, 9.17) is 27.9 Å². The molecule has 0 aliphatic carbocycles. The van der Waals surface area contributed by atoms with Crippen LogP contribution in [0.25, 0.3) is 10.9 Å². The zero-order chi connectivity index (χ0) is 23.6. The van der Waals surface area contributed by atoms with Gasteiger partial charge in [0.25, 0.3) is 0 Å². The molecule has 8 heteroatoms. The molecule has 6 rings (SSSR count). The van der Waals surface area contributed by atoms with Crippen LogP contribution < -0.4 is 17.1 Å². The monoisotopic (exact) mass is 521 g/mol. The van der Waals surface area contributed by atoms with E-state index in [1.807, 2.05) is 24.3 Å². The molecule has 1 N–H and O–H groups in total. The van der Waals surface area contributed by atoms with Crippen molar-refractivity contribution >= 4 is 34.1 Å². The Hall–Kier alpha value is -1.89. The molecule has 2 bridgehead atoms. The molecular formula is C26H30Cl3N3O2. The zero-order valence-corrected chi connectivity index (χ0v) is 21.6. The molecule has 5 heterocycles. The van der Waals surface area contributed by atoms with Crippen molar-refractivity contribution in [2.24, 2.45) is 11.8 Å². The van der Waals surface area contributed by atoms with Crippen LogP contribution in [0.1, 0.15) is 24.5 Å². The summed E-state index contributed by atoms with van der Waals surface area (Å²) in [7, 11) is 3.96. The molecule has 0 radical (unpaired) electrons. The number of likely N-dealkylation sites (N-methyl/N-ethyl adjacent to an activating group) is 1. The van der Waals surface area contributed by atoms with Crippen molar-refractivity contribution in [3.05, 3.63) is 77.2 Å². The average Bonchev–Trinajstić information content (AvgIpc) is 2.82. The van der Waals surface area contributed by atoms with Gasteiger partial charge >= 0.3 is 0 Å². The Morgan fingerprint density at radius 3 is 2.53 bits per heavy atom. The predicted octanol–water partition coefficient (Wildman–Crippen LogP) is 2.71. The predicted molar refractivity (Wildman–Crippen MR) is 134 cm³/mol. The molecular weight excluding hydrogens is 493 g/mol. The van der Waals surface area contributed by atoms with Gasteiger partial charge in [0.15, 0.2) is 0 Å². The number of fused-ring (bicyclic) bond motifs is 4. The van der Waals surface area contributed by atoms with Crippen molar-refractivity contribution in [2.75, 3.05) is 27.2 Å². The summed E-state index contributed by atoms with van der Waals surface area (Å²) in [5, 5.41) is 13.2. The number of hydrogen-bond donors (Lipinski definition) is 1. The Morgan fingerprint density at radius 1 is 1.21 bits per heavy atom. The highest BCUT2D eigenvalue weighted by Gasteiger charge is 2.51. The minimum absolute atomic E-state index is 0. The van der Waals surface area contributed by atoms with Gasteiger partial charge in [0.2, 0.25) is 0 Å². The van der Waals surface area contributed by atoms with Gasteiger partial charge in [0.05, 0.1) is 32.8 Å². The number of nitrogens with zero attached hydrogens (tertiary/aromatic N) is 3. The van der Waals surface area contributed by atoms with Gasteiger partial charge in [-0.2, -0.15) is 0 Å². The van der Waals surface area contributed by atoms with Gasteiger partial charge in [-0.1, -0.05) is 35.3 Å². The standard InChI is InChI=1S/C21H27N2O2.C5H3Cl2N.ClH/c1-4-14-13-23(2)10-8-15(14)11-20(23)21(24)17-7-9-22-19-6-5-16(25-3)12-18(17)19;6-4-2-1-3-5(7)8-4;/h4-7,9,12,14-15,20-21,24H,1,8,10-11,13H2,2-3H3;1-3H;1H/q+1;;/p-1/t14-,15-,20-,21+,23?;;/m0../s1. The van der Waals surface area contributed by atoms with Crippen LogP contribution in [0.5, 0.6) is 5.75 Å². The third-order valence-corrected chi connectivity index (χ3v) is 7.66. The first-order valence-corrected chi connectivity index (χ1v) is 12.0. The van der Waals surface area contributed by atoms with Gasteiger partial charge in [0.1, 0.15) is 28.2 Å². The fraction of sp³-hybridized carbons (Fsp3) is 0.385. The van der Waals surface area contributed by atoms with E-state index >= 15 is 0 Å². The lowest BCUT2D eigenvalue weighted by Gasteiger charge is -2.56. The van der Waals surface area contributed by atoms with E-state index in [-0.39, 0.29) is 18.4 Å². The van der Waals surface area contributed by atoms with Crippen LogP contribution in [0, 0.1) is 11.8 Å². The molecule has 2 aromatic heterocycles. The van der Waals surface area contributed by atoms with Gasteiger partial charge in [-0.05, 0) is 47.9 Å². The highest BCUT2D eigenvalue weighted by molar-refractivity contribution is 6.32. The topological polar surface area (TPSA) is 55.2 Å². The van der Waals surface area contributed by atoms with Crippen LogP contribution in [-0.4, -0.2) is 52.8 Å². The van der Waals surface area contributed by atoms with Crippen LogP contribution in [0.4, 0.5) is 0 Å². The summed E-state index contributed by atoms with van der Waals surface area (Å²) in [5.74, 6) is 2.03. The lowest BCUT2D eigenvalue weighted by molar-refractivity contribution is -0.956. The summed E-state index contributed by atoms with van der Waals surface area (Å²) in [6.45, 7) is 6.26. The van der Waals surface area contributed by atoms with Gasteiger partial charge in [-0.15, -0.1) is 6.58 Å². The van der Waals surface area contributed by atoms with Gasteiger partial charge in [-0.3, -0.25) is 4.98 Å². The number of piperidine rings is 3. The average molecular weight is 523 g/mol. The Balaban J connectivity index is 0.000000308. The molecule has 0 saturated carbocycles. The van der Waals surface area contributed by atoms with E-state index < -0.39 is 6.10 Å². The third-order valence-electron chi connectivity index (χ3n) is 7.24. The normalized spacial score (nSPS) is 26.1. The smallest absolute Gasteiger partial charge is 0.131 e. The highest BCUT2D eigenvalue weighted by atomic mass is 35.5. The fourth-order valence-electron chi connectivity index (χ4n) is 5.41. The molecule has 3 saturated heterocycles. The van der Waals surface area contributed by atoms with Crippen LogP contribution in [0.3, 0.4) is 0 Å². The van der Waals surface area contributed by atoms with Crippen molar-refractivity contribution < 1.29 is 26.7 Å². The van der Waals surface area contributed by atoms with Crippen molar-refractivity contribution in [2.45, 2.75) is 25.0 Å². The molecule has 182 valence electrons. The molecule has 1 unspecified atom stereocenters. The zero-order valence-electron chi connectivity index (χ0n) is 19.4. The first-order chi connectivity index (χ1) is 15.8. The number of quaternary nitrogens is 1. The number of ether oxygens (including phenoxy) is 1. The lowest BCUT2D eigenvalue weighted by Crippen LogP contribution is -3.00. The van der Waals surface area contributed by atoms with E-state index in [9.17, 15) is 5.11 Å². The summed E-state index contributed by atoms with van der Waals surface area (Å²) in [5.41, 5.74) is 1.87. The first kappa shape index (κ1) is 26.7. The summed E-state index contributed by atoms with van der Waals surface area (Å²) < 4.78 is 6.31. The number of pyridine rings is 2. The van der Waals surface area contributed by atoms with E-state index in [0.717, 1.165) is 46.2 Å². The van der Waals surface area contributed by atoms with Gasteiger partial charge in [0, 0.05) is 30.3 Å². The van der Waals surface area contributed by atoms with E-state index in [1.54, 1.807) is 31.5 Å². The minimum atomic E-state index is -0.490. The summed E-state index contributed by atoms with van der Waals surface area (Å²) in [6, 6.07) is 13.2. The Bertz CT molecular complexity index is 1130. The quantitative estimate of drug-likeness (QED) is 0.325. The molecule has 1 aromatic carbocycles. The maximum Gasteiger partial charge on any atom is 0.131 e. The lowest BCUT2D eigenvalue weighted by atomic mass is 9.72. The Kier molecular flexibility index (Phi) is 8.82. The van der Waals surface area contributed by atoms with Gasteiger partial charge in [-0.25, -0.2) is 4.98 Å². The summed E-state index contributed by atoms with van der Waals surface area (Å²) in [6.07, 6.45) is 5.73. The minimum Gasteiger partial charge on any atom is -1.00 e. The van der Waals surface area contributed by atoms with E-state index in [0.29, 0.717) is 22.1 Å². The SMILES string of the molecule is C=C[C@H]1C[N+]2(C)CC[C@H]1C[C@H]2[C@H](O)c1ccnc2ccc(OC)cc12.Clc1cccc(Cl)n1.[Cl-]. The maximum atomic E-state index is 11.3. The summed E-state index contributed by atoms with van der Waals surface area (Å²) >= 11 is 10.9. The van der Waals surface area contributed by atoms with Crippen molar-refractivity contribution in [1.82, 2.24) is 9.97 Å². The number of rotatable bonds is 4. The first-order valence-electron chi connectivity index (χ1n) is 11.2. The molecule has 3 aromatic rings. The Labute approximate surface area is 217 Å². The number of benzene rings is 1. The second kappa shape index (κ2) is 11.2. The molecule has 34 heavy (non-hydrogen) atoms. The molecule has 5 nitrogen and oxygen atoms in total. The number of aromatic nitrogens is 2. The fourth-order valence-corrected chi connectivity index (χ4v) is 5.79.